The van der Waals surface area contributed by atoms with E-state index in [2.05, 4.69) is 5.32 Å². The zero-order valence-electron chi connectivity index (χ0n) is 15.0. The highest BCUT2D eigenvalue weighted by atomic mass is 16.5. The number of amides is 1. The third kappa shape index (κ3) is 3.10. The summed E-state index contributed by atoms with van der Waals surface area (Å²) in [5.74, 6) is 0.473. The molecule has 0 aromatic heterocycles. The summed E-state index contributed by atoms with van der Waals surface area (Å²) < 4.78 is 10.9. The van der Waals surface area contributed by atoms with Crippen molar-refractivity contribution in [2.75, 3.05) is 14.2 Å². The number of aromatic hydroxyl groups is 1. The van der Waals surface area contributed by atoms with Crippen molar-refractivity contribution >= 4 is 5.91 Å². The molecule has 6 nitrogen and oxygen atoms in total. The number of benzene rings is 1. The highest BCUT2D eigenvalue weighted by molar-refractivity contribution is 5.83. The van der Waals surface area contributed by atoms with Gasteiger partial charge in [0.25, 0.3) is 0 Å². The molecule has 0 saturated carbocycles. The summed E-state index contributed by atoms with van der Waals surface area (Å²) in [6, 6.07) is 7.87. The lowest BCUT2D eigenvalue weighted by atomic mass is 9.95. The monoisotopic (exact) mass is 355 g/mol. The molecular formula is C20H21NO5. The van der Waals surface area contributed by atoms with Gasteiger partial charge in [-0.3, -0.25) is 9.59 Å². The maximum atomic E-state index is 12.1. The van der Waals surface area contributed by atoms with Crippen LogP contribution in [-0.4, -0.2) is 25.2 Å². The predicted molar refractivity (Wildman–Crippen MR) is 97.8 cm³/mol. The van der Waals surface area contributed by atoms with Crippen molar-refractivity contribution < 1.29 is 19.4 Å². The molecule has 3 rings (SSSR count). The first-order valence-electron chi connectivity index (χ1n) is 8.34. The Morgan fingerprint density at radius 2 is 1.92 bits per heavy atom. The fourth-order valence-corrected chi connectivity index (χ4v) is 3.54. The molecule has 2 N–H and O–H groups in total. The molecule has 1 amide bonds. The van der Waals surface area contributed by atoms with E-state index in [-0.39, 0.29) is 28.9 Å². The highest BCUT2D eigenvalue weighted by Crippen LogP contribution is 2.49. The zero-order chi connectivity index (χ0) is 18.8. The van der Waals surface area contributed by atoms with Crippen LogP contribution in [0.5, 0.6) is 17.2 Å². The molecule has 0 radical (unpaired) electrons. The Bertz CT molecular complexity index is 923. The standard InChI is InChI=1S/C20H21NO5/c1-11(22)21-16-8-7-12-9-17(24)19(25-2)20(26-3)18(12)14-6-4-5-13(23)10-15(14)16/h4-6,9-10,16,24H,7-8H2,1-3H3,(H,21,22)/t16-/m0/s1. The first-order valence-corrected chi connectivity index (χ1v) is 8.34. The van der Waals surface area contributed by atoms with E-state index in [1.165, 1.54) is 27.2 Å². The number of hydrogen-bond donors (Lipinski definition) is 2. The number of carbonyl (C=O) groups is 1. The van der Waals surface area contributed by atoms with Gasteiger partial charge in [-0.2, -0.15) is 0 Å². The molecule has 0 heterocycles. The van der Waals surface area contributed by atoms with Gasteiger partial charge >= 0.3 is 0 Å². The van der Waals surface area contributed by atoms with Gasteiger partial charge in [-0.1, -0.05) is 12.1 Å². The molecule has 136 valence electrons. The van der Waals surface area contributed by atoms with Gasteiger partial charge in [-0.05, 0) is 47.7 Å². The molecule has 0 spiro atoms. The average molecular weight is 355 g/mol. The van der Waals surface area contributed by atoms with Gasteiger partial charge in [0.2, 0.25) is 11.7 Å². The number of rotatable bonds is 3. The minimum Gasteiger partial charge on any atom is -0.504 e. The Labute approximate surface area is 151 Å². The van der Waals surface area contributed by atoms with Crippen LogP contribution in [0.4, 0.5) is 0 Å². The minimum absolute atomic E-state index is 0.00699. The van der Waals surface area contributed by atoms with Crippen molar-refractivity contribution in [3.63, 3.8) is 0 Å². The molecule has 1 aliphatic rings. The second kappa shape index (κ2) is 7.07. The van der Waals surface area contributed by atoms with Crippen molar-refractivity contribution in [1.82, 2.24) is 5.32 Å². The van der Waals surface area contributed by atoms with E-state index in [0.29, 0.717) is 18.6 Å². The fourth-order valence-electron chi connectivity index (χ4n) is 3.54. The average Bonchev–Trinajstić information content (AvgIpc) is 2.85. The van der Waals surface area contributed by atoms with E-state index in [0.717, 1.165) is 22.3 Å². The van der Waals surface area contributed by atoms with E-state index in [9.17, 15) is 14.7 Å². The predicted octanol–water partition coefficient (Wildman–Crippen LogP) is 2.56. The van der Waals surface area contributed by atoms with E-state index < -0.39 is 0 Å². The Morgan fingerprint density at radius 3 is 2.58 bits per heavy atom. The number of ether oxygens (including phenoxy) is 2. The Hall–Kier alpha value is -3.02. The summed E-state index contributed by atoms with van der Waals surface area (Å²) in [5, 5.41) is 13.2. The molecule has 26 heavy (non-hydrogen) atoms. The third-order valence-electron chi connectivity index (χ3n) is 4.56. The van der Waals surface area contributed by atoms with Gasteiger partial charge in [0, 0.05) is 12.5 Å². The largest absolute Gasteiger partial charge is 0.504 e. The van der Waals surface area contributed by atoms with Crippen molar-refractivity contribution in [3.05, 3.63) is 51.7 Å². The van der Waals surface area contributed by atoms with Crippen LogP contribution in [0.1, 0.15) is 30.5 Å². The molecule has 0 fully saturated rings. The van der Waals surface area contributed by atoms with Gasteiger partial charge in [-0.25, -0.2) is 0 Å². The quantitative estimate of drug-likeness (QED) is 0.884. The Kier molecular flexibility index (Phi) is 4.84. The van der Waals surface area contributed by atoms with Crippen LogP contribution >= 0.6 is 0 Å². The normalized spacial score (nSPS) is 15.3. The number of aryl methyl sites for hydroxylation is 1. The zero-order valence-corrected chi connectivity index (χ0v) is 15.0. The molecule has 2 aromatic rings. The molecule has 2 aromatic carbocycles. The van der Waals surface area contributed by atoms with Crippen molar-refractivity contribution in [1.29, 1.82) is 0 Å². The van der Waals surface area contributed by atoms with E-state index in [1.54, 1.807) is 18.2 Å². The minimum atomic E-state index is -0.312. The summed E-state index contributed by atoms with van der Waals surface area (Å²) in [4.78, 5) is 23.8. The summed E-state index contributed by atoms with van der Waals surface area (Å²) in [5.41, 5.74) is 2.98. The van der Waals surface area contributed by atoms with Crippen LogP contribution in [0.25, 0.3) is 11.1 Å². The Morgan fingerprint density at radius 1 is 1.19 bits per heavy atom. The maximum Gasteiger partial charge on any atom is 0.217 e. The summed E-state index contributed by atoms with van der Waals surface area (Å²) in [6.07, 6.45) is 1.19. The number of hydrogen-bond acceptors (Lipinski definition) is 5. The number of methoxy groups -OCH3 is 2. The van der Waals surface area contributed by atoms with Gasteiger partial charge < -0.3 is 19.9 Å². The van der Waals surface area contributed by atoms with E-state index in [1.807, 2.05) is 6.07 Å². The molecule has 1 atom stereocenters. The summed E-state index contributed by atoms with van der Waals surface area (Å²) in [7, 11) is 2.97. The lowest BCUT2D eigenvalue weighted by Crippen LogP contribution is -2.26. The maximum absolute atomic E-state index is 12.1. The second-order valence-corrected chi connectivity index (χ2v) is 6.23. The van der Waals surface area contributed by atoms with Crippen LogP contribution in [0.3, 0.4) is 0 Å². The first-order chi connectivity index (χ1) is 12.5. The lowest BCUT2D eigenvalue weighted by molar-refractivity contribution is -0.119. The first kappa shape index (κ1) is 17.8. The molecule has 0 unspecified atom stereocenters. The topological polar surface area (TPSA) is 84.9 Å². The van der Waals surface area contributed by atoms with Crippen LogP contribution in [0.15, 0.2) is 35.1 Å². The van der Waals surface area contributed by atoms with E-state index >= 15 is 0 Å². The number of fused-ring (bicyclic) bond motifs is 3. The van der Waals surface area contributed by atoms with Gasteiger partial charge in [0.05, 0.1) is 20.3 Å². The molecule has 0 saturated heterocycles. The third-order valence-corrected chi connectivity index (χ3v) is 4.56. The molecule has 0 bridgehead atoms. The lowest BCUT2D eigenvalue weighted by Gasteiger charge is -2.18. The number of phenols is 1. The van der Waals surface area contributed by atoms with Gasteiger partial charge in [-0.15, -0.1) is 0 Å². The van der Waals surface area contributed by atoms with E-state index in [4.69, 9.17) is 9.47 Å². The Balaban J connectivity index is 2.38. The number of nitrogens with one attached hydrogen (secondary N) is 1. The highest BCUT2D eigenvalue weighted by Gasteiger charge is 2.28. The van der Waals surface area contributed by atoms with Crippen LogP contribution in [0, 0.1) is 0 Å². The SMILES string of the molecule is COc1c(O)cc2c(c1OC)-c1cccc(=O)cc1[C@@H](NC(C)=O)CC2. The van der Waals surface area contributed by atoms with Crippen LogP contribution < -0.4 is 20.2 Å². The van der Waals surface area contributed by atoms with Gasteiger partial charge in [0.15, 0.2) is 16.9 Å². The number of phenolic OH excluding ortho intramolecular Hbond substituents is 1. The van der Waals surface area contributed by atoms with Crippen molar-refractivity contribution in [3.8, 4) is 28.4 Å². The van der Waals surface area contributed by atoms with Crippen LogP contribution in [0.2, 0.25) is 0 Å². The van der Waals surface area contributed by atoms with Crippen molar-refractivity contribution in [2.45, 2.75) is 25.8 Å². The van der Waals surface area contributed by atoms with Gasteiger partial charge in [0.1, 0.15) is 0 Å². The molecular weight excluding hydrogens is 334 g/mol. The molecule has 0 aliphatic heterocycles. The second-order valence-electron chi connectivity index (χ2n) is 6.23. The number of carbonyl (C=O) groups excluding carboxylic acids is 1. The molecule has 1 aliphatic carbocycles. The fraction of sp³-hybridized carbons (Fsp3) is 0.300. The summed E-state index contributed by atoms with van der Waals surface area (Å²) >= 11 is 0. The van der Waals surface area contributed by atoms with Crippen LogP contribution in [-0.2, 0) is 11.2 Å². The summed E-state index contributed by atoms with van der Waals surface area (Å²) in [6.45, 7) is 1.45. The molecule has 6 heteroatoms. The van der Waals surface area contributed by atoms with Crippen molar-refractivity contribution in [2.24, 2.45) is 0 Å². The smallest absolute Gasteiger partial charge is 0.217 e.